The van der Waals surface area contributed by atoms with Crippen molar-refractivity contribution in [3.63, 3.8) is 0 Å². The van der Waals surface area contributed by atoms with Gasteiger partial charge in [0.1, 0.15) is 16.4 Å². The quantitative estimate of drug-likeness (QED) is 0.376. The van der Waals surface area contributed by atoms with Crippen LogP contribution in [-0.2, 0) is 26.2 Å². The summed E-state index contributed by atoms with van der Waals surface area (Å²) < 4.78 is 38.2. The molecular formula is C24H27NO6S2. The molecule has 7 nitrogen and oxygen atoms in total. The summed E-state index contributed by atoms with van der Waals surface area (Å²) in [5.74, 6) is -0.720. The molecule has 0 spiro atoms. The van der Waals surface area contributed by atoms with Gasteiger partial charge in [-0.25, -0.2) is 13.2 Å². The third kappa shape index (κ3) is 4.90. The van der Waals surface area contributed by atoms with Gasteiger partial charge in [0.05, 0.1) is 5.92 Å². The van der Waals surface area contributed by atoms with Gasteiger partial charge in [-0.15, -0.1) is 11.3 Å². The number of carbonyl (C=O) groups is 1. The highest BCUT2D eigenvalue weighted by atomic mass is 32.2. The molecule has 0 amide bonds. The maximum atomic E-state index is 12.8. The largest absolute Gasteiger partial charge is 0.461 e. The van der Waals surface area contributed by atoms with Crippen molar-refractivity contribution in [3.8, 4) is 0 Å². The highest BCUT2D eigenvalue weighted by molar-refractivity contribution is 7.91. The summed E-state index contributed by atoms with van der Waals surface area (Å²) in [6.45, 7) is 6.55. The smallest absolute Gasteiger partial charge is 0.336 e. The number of hydrogen-bond acceptors (Lipinski definition) is 7. The molecule has 1 aliphatic heterocycles. The summed E-state index contributed by atoms with van der Waals surface area (Å²) in [7, 11) is -3.61. The van der Waals surface area contributed by atoms with Gasteiger partial charge in [-0.1, -0.05) is 19.9 Å². The molecular weight excluding hydrogens is 462 g/mol. The second kappa shape index (κ2) is 9.40. The summed E-state index contributed by atoms with van der Waals surface area (Å²) in [5.41, 5.74) is 2.70. The molecule has 1 saturated heterocycles. The lowest BCUT2D eigenvalue weighted by Crippen LogP contribution is -2.42. The Bertz CT molecular complexity index is 1320. The Balaban J connectivity index is 1.52. The SMILES string of the molecule is Cc1cc2oc(=O)cc(COC(=O)C3CCCN(S(=O)(=O)c4cccs4)C3)c2cc1C(C)C. The standard InChI is InChI=1S/C24H27NO6S2/c1-15(2)19-12-20-18(11-22(26)31-21(20)10-16(19)3)14-30-24(27)17-6-4-8-25(13-17)33(28,29)23-7-5-9-32-23/h5,7,9-12,15,17H,4,6,8,13-14H2,1-3H3. The van der Waals surface area contributed by atoms with Crippen molar-refractivity contribution in [2.24, 2.45) is 5.92 Å². The van der Waals surface area contributed by atoms with Gasteiger partial charge in [0.2, 0.25) is 0 Å². The van der Waals surface area contributed by atoms with Crippen LogP contribution < -0.4 is 5.63 Å². The Kier molecular flexibility index (Phi) is 6.74. The lowest BCUT2D eigenvalue weighted by atomic mass is 9.95. The van der Waals surface area contributed by atoms with Crippen LogP contribution in [0.25, 0.3) is 11.0 Å². The lowest BCUT2D eigenvalue weighted by Gasteiger charge is -2.30. The fraction of sp³-hybridized carbons (Fsp3) is 0.417. The molecule has 1 aliphatic rings. The minimum atomic E-state index is -3.61. The average Bonchev–Trinajstić information content (AvgIpc) is 3.32. The summed E-state index contributed by atoms with van der Waals surface area (Å²) in [6.07, 6.45) is 1.14. The number of esters is 1. The zero-order chi connectivity index (χ0) is 23.8. The van der Waals surface area contributed by atoms with E-state index in [9.17, 15) is 18.0 Å². The number of nitrogens with zero attached hydrogens (tertiary/aromatic N) is 1. The first-order chi connectivity index (χ1) is 15.7. The van der Waals surface area contributed by atoms with Gasteiger partial charge in [0.15, 0.2) is 0 Å². The van der Waals surface area contributed by atoms with Crippen LogP contribution in [-0.4, -0.2) is 31.8 Å². The Hall–Kier alpha value is -2.49. The fourth-order valence-electron chi connectivity index (χ4n) is 4.29. The second-order valence-corrected chi connectivity index (χ2v) is 11.8. The van der Waals surface area contributed by atoms with Crippen LogP contribution in [0.1, 0.15) is 49.3 Å². The highest BCUT2D eigenvalue weighted by Gasteiger charge is 2.34. The van der Waals surface area contributed by atoms with Gasteiger partial charge in [-0.3, -0.25) is 4.79 Å². The van der Waals surface area contributed by atoms with E-state index < -0.39 is 27.5 Å². The zero-order valence-electron chi connectivity index (χ0n) is 18.9. The van der Waals surface area contributed by atoms with Crippen molar-refractivity contribution in [1.29, 1.82) is 0 Å². The molecule has 0 aliphatic carbocycles. The van der Waals surface area contributed by atoms with Crippen LogP contribution in [0.15, 0.2) is 49.1 Å². The molecule has 0 saturated carbocycles. The summed E-state index contributed by atoms with van der Waals surface area (Å²) >= 11 is 1.16. The summed E-state index contributed by atoms with van der Waals surface area (Å²) in [4.78, 5) is 24.9. The van der Waals surface area contributed by atoms with E-state index >= 15 is 0 Å². The van der Waals surface area contributed by atoms with E-state index in [1.54, 1.807) is 17.5 Å². The van der Waals surface area contributed by atoms with Crippen LogP contribution in [0.2, 0.25) is 0 Å². The number of fused-ring (bicyclic) bond motifs is 1. The maximum Gasteiger partial charge on any atom is 0.336 e. The van der Waals surface area contributed by atoms with Crippen LogP contribution in [0.3, 0.4) is 0 Å². The Morgan fingerprint density at radius 1 is 1.30 bits per heavy atom. The molecule has 176 valence electrons. The third-order valence-corrected chi connectivity index (χ3v) is 9.25. The van der Waals surface area contributed by atoms with E-state index in [-0.39, 0.29) is 23.3 Å². The van der Waals surface area contributed by atoms with Gasteiger partial charge in [0.25, 0.3) is 10.0 Å². The van der Waals surface area contributed by atoms with Crippen molar-refractivity contribution >= 4 is 38.3 Å². The lowest BCUT2D eigenvalue weighted by molar-refractivity contribution is -0.151. The van der Waals surface area contributed by atoms with E-state index in [1.807, 2.05) is 19.1 Å². The van der Waals surface area contributed by atoms with E-state index in [1.165, 1.54) is 10.4 Å². The number of ether oxygens (including phenoxy) is 1. The van der Waals surface area contributed by atoms with Gasteiger partial charge >= 0.3 is 11.6 Å². The molecule has 0 bridgehead atoms. The minimum Gasteiger partial charge on any atom is -0.461 e. The number of hydrogen-bond donors (Lipinski definition) is 0. The molecule has 1 aromatic carbocycles. The Labute approximate surface area is 197 Å². The number of sulfonamides is 1. The molecule has 9 heteroatoms. The van der Waals surface area contributed by atoms with Gasteiger partial charge < -0.3 is 9.15 Å². The van der Waals surface area contributed by atoms with Crippen LogP contribution in [0.5, 0.6) is 0 Å². The molecule has 1 unspecified atom stereocenters. The summed E-state index contributed by atoms with van der Waals surface area (Å²) in [6, 6.07) is 8.44. The van der Waals surface area contributed by atoms with E-state index in [2.05, 4.69) is 13.8 Å². The number of carbonyl (C=O) groups excluding carboxylic acids is 1. The molecule has 3 aromatic rings. The number of piperidine rings is 1. The average molecular weight is 490 g/mol. The zero-order valence-corrected chi connectivity index (χ0v) is 20.5. The monoisotopic (exact) mass is 489 g/mol. The van der Waals surface area contributed by atoms with Crippen molar-refractivity contribution in [3.05, 3.63) is 62.8 Å². The van der Waals surface area contributed by atoms with Crippen LogP contribution in [0, 0.1) is 12.8 Å². The fourth-order valence-corrected chi connectivity index (χ4v) is 6.96. The Morgan fingerprint density at radius 3 is 2.79 bits per heavy atom. The Morgan fingerprint density at radius 2 is 2.09 bits per heavy atom. The number of thiophene rings is 1. The normalized spacial score (nSPS) is 17.5. The molecule has 2 aromatic heterocycles. The molecule has 0 radical (unpaired) electrons. The number of benzene rings is 1. The van der Waals surface area contributed by atoms with Gasteiger partial charge in [-0.2, -0.15) is 4.31 Å². The molecule has 1 fully saturated rings. The van der Waals surface area contributed by atoms with Gasteiger partial charge in [-0.05, 0) is 60.4 Å². The molecule has 3 heterocycles. The van der Waals surface area contributed by atoms with Crippen LogP contribution >= 0.6 is 11.3 Å². The summed E-state index contributed by atoms with van der Waals surface area (Å²) in [5, 5.41) is 2.46. The van der Waals surface area contributed by atoms with Crippen LogP contribution in [0.4, 0.5) is 0 Å². The predicted octanol–water partition coefficient (Wildman–Crippen LogP) is 4.43. The van der Waals surface area contributed by atoms with Gasteiger partial charge in [0, 0.05) is 30.1 Å². The van der Waals surface area contributed by atoms with Crippen molar-refractivity contribution in [2.45, 2.75) is 50.3 Å². The number of rotatable bonds is 6. The molecule has 4 rings (SSSR count). The molecule has 33 heavy (non-hydrogen) atoms. The first-order valence-corrected chi connectivity index (χ1v) is 13.3. The maximum absolute atomic E-state index is 12.8. The third-order valence-electron chi connectivity index (χ3n) is 6.02. The first-order valence-electron chi connectivity index (χ1n) is 10.9. The van der Waals surface area contributed by atoms with E-state index in [4.69, 9.17) is 9.15 Å². The topological polar surface area (TPSA) is 93.9 Å². The van der Waals surface area contributed by atoms with Crippen molar-refractivity contribution in [2.75, 3.05) is 13.1 Å². The van der Waals surface area contributed by atoms with E-state index in [0.717, 1.165) is 27.8 Å². The predicted molar refractivity (Wildman–Crippen MR) is 127 cm³/mol. The minimum absolute atomic E-state index is 0.0737. The van der Waals surface area contributed by atoms with Crippen molar-refractivity contribution < 1.29 is 22.4 Å². The molecule has 0 N–H and O–H groups in total. The second-order valence-electron chi connectivity index (χ2n) is 8.69. The first kappa shape index (κ1) is 23.7. The molecule has 1 atom stereocenters. The number of aryl methyl sites for hydroxylation is 1. The van der Waals surface area contributed by atoms with Crippen molar-refractivity contribution in [1.82, 2.24) is 4.31 Å². The van der Waals surface area contributed by atoms with E-state index in [0.29, 0.717) is 30.5 Å². The highest BCUT2D eigenvalue weighted by Crippen LogP contribution is 2.29.